The fraction of sp³-hybridized carbons (Fsp3) is 0.111. The van der Waals surface area contributed by atoms with Gasteiger partial charge in [0.1, 0.15) is 5.82 Å². The lowest BCUT2D eigenvalue weighted by Crippen LogP contribution is -2.06. The van der Waals surface area contributed by atoms with Crippen LogP contribution in [0.2, 0.25) is 0 Å². The topological polar surface area (TPSA) is 12.0 Å². The van der Waals surface area contributed by atoms with Gasteiger partial charge in [0.25, 0.3) is 0 Å². The normalized spacial score (nSPS) is 10.9. The molecule has 0 heterocycles. The van der Waals surface area contributed by atoms with Crippen molar-refractivity contribution in [3.8, 4) is 11.1 Å². The first-order chi connectivity index (χ1) is 9.78. The lowest BCUT2D eigenvalue weighted by atomic mass is 9.97. The highest BCUT2D eigenvalue weighted by molar-refractivity contribution is 5.87. The van der Waals surface area contributed by atoms with Crippen molar-refractivity contribution in [2.45, 2.75) is 6.54 Å². The summed E-state index contributed by atoms with van der Waals surface area (Å²) in [4.78, 5) is 0. The van der Waals surface area contributed by atoms with E-state index in [0.29, 0.717) is 6.54 Å². The SMILES string of the molecule is CNCc1cc(F)ccc1-c1ccc2ccccc2c1. The van der Waals surface area contributed by atoms with Crippen LogP contribution in [0.4, 0.5) is 4.39 Å². The quantitative estimate of drug-likeness (QED) is 0.741. The van der Waals surface area contributed by atoms with Crippen LogP contribution in [0.1, 0.15) is 5.56 Å². The highest BCUT2D eigenvalue weighted by atomic mass is 19.1. The maximum absolute atomic E-state index is 13.4. The second kappa shape index (κ2) is 5.43. The Balaban J connectivity index is 2.14. The standard InChI is InChI=1S/C18H16FN/c1-20-12-16-11-17(19)8-9-18(16)15-7-6-13-4-2-3-5-14(13)10-15/h2-11,20H,12H2,1H3. The molecule has 0 atom stereocenters. The number of hydrogen-bond acceptors (Lipinski definition) is 1. The zero-order valence-electron chi connectivity index (χ0n) is 11.4. The van der Waals surface area contributed by atoms with Crippen LogP contribution in [0.25, 0.3) is 21.9 Å². The first-order valence-electron chi connectivity index (χ1n) is 6.70. The Hall–Kier alpha value is -2.19. The minimum absolute atomic E-state index is 0.195. The van der Waals surface area contributed by atoms with E-state index in [2.05, 4.69) is 35.6 Å². The summed E-state index contributed by atoms with van der Waals surface area (Å²) in [5.41, 5.74) is 3.17. The van der Waals surface area contributed by atoms with E-state index in [1.807, 2.05) is 25.2 Å². The molecule has 0 aliphatic rings. The van der Waals surface area contributed by atoms with Gasteiger partial charge in [-0.3, -0.25) is 0 Å². The molecule has 0 radical (unpaired) electrons. The Morgan fingerprint density at radius 1 is 0.900 bits per heavy atom. The Morgan fingerprint density at radius 3 is 2.50 bits per heavy atom. The van der Waals surface area contributed by atoms with E-state index in [0.717, 1.165) is 16.7 Å². The molecule has 0 aliphatic heterocycles. The first kappa shape index (κ1) is 12.8. The Labute approximate surface area is 118 Å². The van der Waals surface area contributed by atoms with Gasteiger partial charge in [-0.15, -0.1) is 0 Å². The monoisotopic (exact) mass is 265 g/mol. The van der Waals surface area contributed by atoms with E-state index >= 15 is 0 Å². The molecule has 2 heteroatoms. The molecule has 3 aromatic rings. The Bertz CT molecular complexity index is 749. The largest absolute Gasteiger partial charge is 0.316 e. The van der Waals surface area contributed by atoms with E-state index in [-0.39, 0.29) is 5.82 Å². The van der Waals surface area contributed by atoms with Gasteiger partial charge in [-0.1, -0.05) is 42.5 Å². The summed E-state index contributed by atoms with van der Waals surface area (Å²) in [5, 5.41) is 5.51. The van der Waals surface area contributed by atoms with Crippen molar-refractivity contribution in [3.63, 3.8) is 0 Å². The summed E-state index contributed by atoms with van der Waals surface area (Å²) < 4.78 is 13.4. The second-order valence-electron chi connectivity index (χ2n) is 4.89. The minimum atomic E-state index is -0.195. The molecule has 100 valence electrons. The fourth-order valence-corrected chi connectivity index (χ4v) is 2.54. The van der Waals surface area contributed by atoms with Crippen molar-refractivity contribution in [1.29, 1.82) is 0 Å². The molecule has 3 aromatic carbocycles. The van der Waals surface area contributed by atoms with Gasteiger partial charge in [-0.05, 0) is 52.7 Å². The van der Waals surface area contributed by atoms with E-state index in [1.54, 1.807) is 6.07 Å². The molecule has 0 spiro atoms. The summed E-state index contributed by atoms with van der Waals surface area (Å²) in [6, 6.07) is 19.6. The smallest absolute Gasteiger partial charge is 0.123 e. The molecule has 0 aromatic heterocycles. The third-order valence-electron chi connectivity index (χ3n) is 3.49. The van der Waals surface area contributed by atoms with E-state index < -0.39 is 0 Å². The number of rotatable bonds is 3. The van der Waals surface area contributed by atoms with Gasteiger partial charge >= 0.3 is 0 Å². The highest BCUT2D eigenvalue weighted by Gasteiger charge is 2.06. The summed E-state index contributed by atoms with van der Waals surface area (Å²) in [7, 11) is 1.87. The third kappa shape index (κ3) is 2.43. The number of hydrogen-bond donors (Lipinski definition) is 1. The molecule has 0 fully saturated rings. The van der Waals surface area contributed by atoms with Crippen LogP contribution in [0.3, 0.4) is 0 Å². The summed E-state index contributed by atoms with van der Waals surface area (Å²) >= 11 is 0. The average Bonchev–Trinajstić information content (AvgIpc) is 2.47. The van der Waals surface area contributed by atoms with Crippen LogP contribution in [-0.2, 0) is 6.54 Å². The van der Waals surface area contributed by atoms with Crippen molar-refractivity contribution in [3.05, 3.63) is 72.0 Å². The van der Waals surface area contributed by atoms with Gasteiger partial charge in [0.2, 0.25) is 0 Å². The van der Waals surface area contributed by atoms with E-state index in [1.165, 1.54) is 16.8 Å². The molecule has 3 rings (SSSR count). The predicted molar refractivity (Wildman–Crippen MR) is 82.1 cm³/mol. The summed E-state index contributed by atoms with van der Waals surface area (Å²) in [6.45, 7) is 0.653. The first-order valence-corrected chi connectivity index (χ1v) is 6.70. The van der Waals surface area contributed by atoms with Gasteiger partial charge in [0.15, 0.2) is 0 Å². The molecular weight excluding hydrogens is 249 g/mol. The van der Waals surface area contributed by atoms with Crippen molar-refractivity contribution in [1.82, 2.24) is 5.32 Å². The molecular formula is C18H16FN. The van der Waals surface area contributed by atoms with Gasteiger partial charge < -0.3 is 5.32 Å². The van der Waals surface area contributed by atoms with Gasteiger partial charge in [-0.25, -0.2) is 4.39 Å². The Morgan fingerprint density at radius 2 is 1.70 bits per heavy atom. The summed E-state index contributed by atoms with van der Waals surface area (Å²) in [5.74, 6) is -0.195. The van der Waals surface area contributed by atoms with Crippen molar-refractivity contribution < 1.29 is 4.39 Å². The molecule has 0 unspecified atom stereocenters. The molecule has 0 saturated heterocycles. The molecule has 0 saturated carbocycles. The number of nitrogens with one attached hydrogen (secondary N) is 1. The van der Waals surface area contributed by atoms with Gasteiger partial charge in [-0.2, -0.15) is 0 Å². The molecule has 0 amide bonds. The zero-order valence-corrected chi connectivity index (χ0v) is 11.4. The van der Waals surface area contributed by atoms with Crippen LogP contribution in [0.15, 0.2) is 60.7 Å². The fourth-order valence-electron chi connectivity index (χ4n) is 2.54. The van der Waals surface area contributed by atoms with E-state index in [9.17, 15) is 4.39 Å². The van der Waals surface area contributed by atoms with Crippen LogP contribution in [0.5, 0.6) is 0 Å². The lowest BCUT2D eigenvalue weighted by Gasteiger charge is -2.10. The van der Waals surface area contributed by atoms with Crippen molar-refractivity contribution in [2.24, 2.45) is 0 Å². The molecule has 0 bridgehead atoms. The number of halogens is 1. The maximum atomic E-state index is 13.4. The van der Waals surface area contributed by atoms with Crippen LogP contribution < -0.4 is 5.32 Å². The second-order valence-corrected chi connectivity index (χ2v) is 4.89. The van der Waals surface area contributed by atoms with Crippen molar-refractivity contribution in [2.75, 3.05) is 7.05 Å². The predicted octanol–water partition coefficient (Wildman–Crippen LogP) is 4.37. The van der Waals surface area contributed by atoms with E-state index in [4.69, 9.17) is 0 Å². The molecule has 0 aliphatic carbocycles. The van der Waals surface area contributed by atoms with Crippen molar-refractivity contribution >= 4 is 10.8 Å². The molecule has 20 heavy (non-hydrogen) atoms. The number of benzene rings is 3. The lowest BCUT2D eigenvalue weighted by molar-refractivity contribution is 0.624. The van der Waals surface area contributed by atoms with Crippen LogP contribution in [0, 0.1) is 5.82 Å². The van der Waals surface area contributed by atoms with Gasteiger partial charge in [0.05, 0.1) is 0 Å². The molecule has 1 N–H and O–H groups in total. The Kier molecular flexibility index (Phi) is 3.48. The third-order valence-corrected chi connectivity index (χ3v) is 3.49. The summed E-state index contributed by atoms with van der Waals surface area (Å²) in [6.07, 6.45) is 0. The highest BCUT2D eigenvalue weighted by Crippen LogP contribution is 2.28. The van der Waals surface area contributed by atoms with Gasteiger partial charge in [0, 0.05) is 6.54 Å². The van der Waals surface area contributed by atoms with Crippen LogP contribution >= 0.6 is 0 Å². The van der Waals surface area contributed by atoms with Crippen LogP contribution in [-0.4, -0.2) is 7.05 Å². The maximum Gasteiger partial charge on any atom is 0.123 e. The average molecular weight is 265 g/mol. The minimum Gasteiger partial charge on any atom is -0.316 e. The molecule has 1 nitrogen and oxygen atoms in total. The number of fused-ring (bicyclic) bond motifs is 1. The zero-order chi connectivity index (χ0) is 13.9.